The Morgan fingerprint density at radius 3 is 1.94 bits per heavy atom. The molecule has 3 aromatic carbocycles. The molecule has 0 aliphatic heterocycles. The molecule has 0 aliphatic rings. The van der Waals surface area contributed by atoms with Crippen molar-refractivity contribution >= 4 is 27.5 Å². The minimum Gasteiger partial charge on any atom is -0.357 e. The zero-order valence-electron chi connectivity index (χ0n) is 20.4. The molecule has 0 heterocycles. The summed E-state index contributed by atoms with van der Waals surface area (Å²) in [7, 11) is -2.53. The van der Waals surface area contributed by atoms with Gasteiger partial charge in [-0.2, -0.15) is 0 Å². The van der Waals surface area contributed by atoms with Gasteiger partial charge in [0.05, 0.1) is 10.6 Å². The molecule has 3 rings (SSSR count). The number of rotatable bonds is 9. The number of nitrogens with zero attached hydrogens (tertiary/aromatic N) is 2. The average molecular weight is 494 g/mol. The van der Waals surface area contributed by atoms with Crippen LogP contribution in [0.4, 0.5) is 5.69 Å². The Bertz CT molecular complexity index is 1260. The van der Waals surface area contributed by atoms with Gasteiger partial charge in [0, 0.05) is 13.6 Å². The lowest BCUT2D eigenvalue weighted by molar-refractivity contribution is -0.139. The van der Waals surface area contributed by atoms with Gasteiger partial charge in [-0.25, -0.2) is 8.42 Å². The van der Waals surface area contributed by atoms with Crippen LogP contribution in [0.15, 0.2) is 83.8 Å². The summed E-state index contributed by atoms with van der Waals surface area (Å²) in [5.74, 6) is -0.819. The highest BCUT2D eigenvalue weighted by atomic mass is 32.2. The smallest absolute Gasteiger partial charge is 0.264 e. The van der Waals surface area contributed by atoms with Gasteiger partial charge in [0.1, 0.15) is 12.6 Å². The van der Waals surface area contributed by atoms with Crippen molar-refractivity contribution in [3.63, 3.8) is 0 Å². The van der Waals surface area contributed by atoms with Crippen molar-refractivity contribution in [3.8, 4) is 0 Å². The van der Waals surface area contributed by atoms with Gasteiger partial charge in [0.15, 0.2) is 0 Å². The molecule has 0 spiro atoms. The normalized spacial score (nSPS) is 12.0. The lowest BCUT2D eigenvalue weighted by Gasteiger charge is -2.31. The molecule has 7 nitrogen and oxygen atoms in total. The second-order valence-electron chi connectivity index (χ2n) is 8.46. The monoisotopic (exact) mass is 493 g/mol. The van der Waals surface area contributed by atoms with Crippen molar-refractivity contribution in [2.45, 2.75) is 38.3 Å². The fourth-order valence-electron chi connectivity index (χ4n) is 3.64. The predicted octanol–water partition coefficient (Wildman–Crippen LogP) is 3.66. The van der Waals surface area contributed by atoms with Crippen LogP contribution in [0.3, 0.4) is 0 Å². The first kappa shape index (κ1) is 26.0. The van der Waals surface area contributed by atoms with Crippen molar-refractivity contribution in [3.05, 3.63) is 95.6 Å². The standard InChI is InChI=1S/C27H31N3O4S/c1-20-10-14-23(15-11-20)18-29(22(3)27(32)28-4)26(31)19-30(24-16-12-21(2)13-17-24)35(33,34)25-8-6-5-7-9-25/h5-17,22H,18-19H2,1-4H3,(H,28,32)/t22-/m0/s1. The average Bonchev–Trinajstić information content (AvgIpc) is 2.87. The van der Waals surface area contributed by atoms with Crippen LogP contribution >= 0.6 is 0 Å². The second-order valence-corrected chi connectivity index (χ2v) is 10.3. The van der Waals surface area contributed by atoms with Crippen molar-refractivity contribution in [2.24, 2.45) is 0 Å². The highest BCUT2D eigenvalue weighted by Crippen LogP contribution is 2.25. The first-order chi connectivity index (χ1) is 16.6. The molecule has 35 heavy (non-hydrogen) atoms. The number of anilines is 1. The maximum absolute atomic E-state index is 13.6. The highest BCUT2D eigenvalue weighted by molar-refractivity contribution is 7.92. The van der Waals surface area contributed by atoms with Crippen molar-refractivity contribution in [1.29, 1.82) is 0 Å². The summed E-state index contributed by atoms with van der Waals surface area (Å²) in [6, 6.07) is 21.8. The minimum atomic E-state index is -4.04. The predicted molar refractivity (Wildman–Crippen MR) is 137 cm³/mol. The van der Waals surface area contributed by atoms with Crippen molar-refractivity contribution in [1.82, 2.24) is 10.2 Å². The Kier molecular flexibility index (Phi) is 8.30. The molecule has 0 radical (unpaired) electrons. The lowest BCUT2D eigenvalue weighted by atomic mass is 10.1. The van der Waals surface area contributed by atoms with Crippen LogP contribution in [0.2, 0.25) is 0 Å². The molecular weight excluding hydrogens is 462 g/mol. The molecule has 0 aromatic heterocycles. The van der Waals surface area contributed by atoms with Gasteiger partial charge in [-0.3, -0.25) is 13.9 Å². The Hall–Kier alpha value is -3.65. The summed E-state index contributed by atoms with van der Waals surface area (Å²) >= 11 is 0. The van der Waals surface area contributed by atoms with Crippen LogP contribution < -0.4 is 9.62 Å². The molecule has 184 valence electrons. The number of nitrogens with one attached hydrogen (secondary N) is 1. The van der Waals surface area contributed by atoms with E-state index in [1.807, 2.05) is 38.1 Å². The molecule has 0 unspecified atom stereocenters. The van der Waals surface area contributed by atoms with Crippen LogP contribution in [-0.2, 0) is 26.2 Å². The fraction of sp³-hybridized carbons (Fsp3) is 0.259. The molecule has 2 amide bonds. The third kappa shape index (κ3) is 6.27. The quantitative estimate of drug-likeness (QED) is 0.493. The first-order valence-corrected chi connectivity index (χ1v) is 12.8. The van der Waals surface area contributed by atoms with E-state index in [0.717, 1.165) is 21.0 Å². The molecule has 0 saturated heterocycles. The summed E-state index contributed by atoms with van der Waals surface area (Å²) in [4.78, 5) is 27.6. The number of benzene rings is 3. The lowest BCUT2D eigenvalue weighted by Crippen LogP contribution is -2.50. The summed E-state index contributed by atoms with van der Waals surface area (Å²) in [6.45, 7) is 5.22. The number of aryl methyl sites for hydroxylation is 2. The number of carbonyl (C=O) groups excluding carboxylic acids is 2. The SMILES string of the molecule is CNC(=O)[C@H](C)N(Cc1ccc(C)cc1)C(=O)CN(c1ccc(C)cc1)S(=O)(=O)c1ccccc1. The van der Waals surface area contributed by atoms with Gasteiger partial charge in [-0.1, -0.05) is 65.7 Å². The number of hydrogen-bond acceptors (Lipinski definition) is 4. The third-order valence-electron chi connectivity index (χ3n) is 5.82. The summed E-state index contributed by atoms with van der Waals surface area (Å²) in [5, 5.41) is 2.58. The van der Waals surface area contributed by atoms with Crippen LogP contribution in [0.25, 0.3) is 0 Å². The van der Waals surface area contributed by atoms with E-state index >= 15 is 0 Å². The van der Waals surface area contributed by atoms with Gasteiger partial charge >= 0.3 is 0 Å². The molecule has 1 atom stereocenters. The van der Waals surface area contributed by atoms with E-state index < -0.39 is 28.5 Å². The molecule has 0 fully saturated rings. The summed E-state index contributed by atoms with van der Waals surface area (Å²) in [5.41, 5.74) is 3.25. The van der Waals surface area contributed by atoms with E-state index in [0.29, 0.717) is 5.69 Å². The largest absolute Gasteiger partial charge is 0.357 e. The van der Waals surface area contributed by atoms with E-state index in [9.17, 15) is 18.0 Å². The number of carbonyl (C=O) groups is 2. The van der Waals surface area contributed by atoms with Crippen LogP contribution in [-0.4, -0.2) is 44.8 Å². The van der Waals surface area contributed by atoms with Gasteiger partial charge in [-0.15, -0.1) is 0 Å². The van der Waals surface area contributed by atoms with E-state index in [4.69, 9.17) is 0 Å². The zero-order chi connectivity index (χ0) is 25.6. The Labute approximate surface area is 207 Å². The molecule has 3 aromatic rings. The van der Waals surface area contributed by atoms with Crippen LogP contribution in [0.5, 0.6) is 0 Å². The van der Waals surface area contributed by atoms with Crippen LogP contribution in [0, 0.1) is 13.8 Å². The van der Waals surface area contributed by atoms with Crippen LogP contribution in [0.1, 0.15) is 23.6 Å². The number of sulfonamides is 1. The molecular formula is C27H31N3O4S. The zero-order valence-corrected chi connectivity index (χ0v) is 21.2. The van der Waals surface area contributed by atoms with E-state index in [-0.39, 0.29) is 17.3 Å². The molecule has 8 heteroatoms. The molecule has 1 N–H and O–H groups in total. The maximum atomic E-state index is 13.6. The van der Waals surface area contributed by atoms with E-state index in [2.05, 4.69) is 5.32 Å². The Morgan fingerprint density at radius 2 is 1.40 bits per heavy atom. The van der Waals surface area contributed by atoms with E-state index in [1.165, 1.54) is 24.1 Å². The third-order valence-corrected chi connectivity index (χ3v) is 7.61. The summed E-state index contributed by atoms with van der Waals surface area (Å²) in [6.07, 6.45) is 0. The number of hydrogen-bond donors (Lipinski definition) is 1. The maximum Gasteiger partial charge on any atom is 0.264 e. The highest BCUT2D eigenvalue weighted by Gasteiger charge is 2.32. The second kappa shape index (κ2) is 11.2. The Morgan fingerprint density at radius 1 is 0.857 bits per heavy atom. The Balaban J connectivity index is 2.00. The fourth-order valence-corrected chi connectivity index (χ4v) is 5.08. The molecule has 0 bridgehead atoms. The molecule has 0 saturated carbocycles. The van der Waals surface area contributed by atoms with Gasteiger partial charge in [0.2, 0.25) is 11.8 Å². The number of amides is 2. The number of likely N-dealkylation sites (N-methyl/N-ethyl adjacent to an activating group) is 1. The topological polar surface area (TPSA) is 86.8 Å². The minimum absolute atomic E-state index is 0.0813. The molecule has 0 aliphatic carbocycles. The van der Waals surface area contributed by atoms with Crippen molar-refractivity contribution in [2.75, 3.05) is 17.9 Å². The van der Waals surface area contributed by atoms with Gasteiger partial charge in [-0.05, 0) is 50.6 Å². The van der Waals surface area contributed by atoms with Gasteiger partial charge in [0.25, 0.3) is 10.0 Å². The first-order valence-electron chi connectivity index (χ1n) is 11.3. The summed E-state index contributed by atoms with van der Waals surface area (Å²) < 4.78 is 28.3. The van der Waals surface area contributed by atoms with Gasteiger partial charge < -0.3 is 10.2 Å². The van der Waals surface area contributed by atoms with Crippen molar-refractivity contribution < 1.29 is 18.0 Å². The van der Waals surface area contributed by atoms with E-state index in [1.54, 1.807) is 49.4 Å².